The van der Waals surface area contributed by atoms with Gasteiger partial charge in [0.15, 0.2) is 0 Å². The molecule has 2 amide bonds. The second-order valence-corrected chi connectivity index (χ2v) is 11.4. The molecule has 0 bridgehead atoms. The summed E-state index contributed by atoms with van der Waals surface area (Å²) in [7, 11) is 4.10. The fourth-order valence-corrected chi connectivity index (χ4v) is 5.59. The molecule has 4 rings (SSSR count). The van der Waals surface area contributed by atoms with Gasteiger partial charge in [-0.25, -0.2) is 4.79 Å². The largest absolute Gasteiger partial charge is 0.490 e. The van der Waals surface area contributed by atoms with Gasteiger partial charge in [0.25, 0.3) is 0 Å². The zero-order valence-corrected chi connectivity index (χ0v) is 23.9. The smallest absolute Gasteiger partial charge is 0.416 e. The van der Waals surface area contributed by atoms with E-state index in [1.807, 2.05) is 28.9 Å². The quantitative estimate of drug-likeness (QED) is 0.411. The van der Waals surface area contributed by atoms with Crippen LogP contribution in [0.15, 0.2) is 42.5 Å². The number of likely N-dealkylation sites (N-methyl/N-ethyl adjacent to an activating group) is 1. The van der Waals surface area contributed by atoms with Crippen molar-refractivity contribution in [3.05, 3.63) is 63.6 Å². The molecule has 0 N–H and O–H groups in total. The Morgan fingerprint density at radius 1 is 1.00 bits per heavy atom. The van der Waals surface area contributed by atoms with Crippen molar-refractivity contribution in [2.75, 3.05) is 66.5 Å². The van der Waals surface area contributed by atoms with Gasteiger partial charge >= 0.3 is 12.2 Å². The summed E-state index contributed by atoms with van der Waals surface area (Å²) in [6.45, 7) is 7.80. The number of ether oxygens (including phenoxy) is 1. The Balaban J connectivity index is 1.47. The van der Waals surface area contributed by atoms with Crippen LogP contribution in [0.1, 0.15) is 24.0 Å². The van der Waals surface area contributed by atoms with E-state index in [-0.39, 0.29) is 24.0 Å². The first kappa shape index (κ1) is 29.8. The average molecular weight is 588 g/mol. The first-order valence-electron chi connectivity index (χ1n) is 13.1. The van der Waals surface area contributed by atoms with Crippen LogP contribution in [0.2, 0.25) is 10.0 Å². The molecular weight excluding hydrogens is 552 g/mol. The summed E-state index contributed by atoms with van der Waals surface area (Å²) in [6, 6.07) is 10.2. The number of hydrogen-bond acceptors (Lipinski definition) is 4. The Morgan fingerprint density at radius 2 is 1.67 bits per heavy atom. The van der Waals surface area contributed by atoms with Gasteiger partial charge in [0.2, 0.25) is 0 Å². The zero-order chi connectivity index (χ0) is 28.3. The van der Waals surface area contributed by atoms with Crippen molar-refractivity contribution in [2.45, 2.75) is 25.1 Å². The fraction of sp³-hybridized carbons (Fsp3) is 0.536. The molecule has 2 aromatic rings. The molecule has 2 aliphatic rings. The van der Waals surface area contributed by atoms with Gasteiger partial charge in [-0.3, -0.25) is 4.90 Å². The summed E-state index contributed by atoms with van der Waals surface area (Å²) in [6.07, 6.45) is -4.78. The molecule has 3 atom stereocenters. The first-order valence-corrected chi connectivity index (χ1v) is 13.9. The van der Waals surface area contributed by atoms with E-state index in [1.54, 1.807) is 6.07 Å². The van der Waals surface area contributed by atoms with Crippen LogP contribution in [0.3, 0.4) is 0 Å². The minimum absolute atomic E-state index is 0.00319. The summed E-state index contributed by atoms with van der Waals surface area (Å²) < 4.78 is 45.1. The molecule has 214 valence electrons. The molecule has 0 spiro atoms. The monoisotopic (exact) mass is 586 g/mol. The normalized spacial score (nSPS) is 21.5. The molecule has 39 heavy (non-hydrogen) atoms. The lowest BCUT2D eigenvalue weighted by atomic mass is 9.85. The summed E-state index contributed by atoms with van der Waals surface area (Å²) >= 11 is 12.5. The van der Waals surface area contributed by atoms with Crippen LogP contribution in [0.4, 0.5) is 18.0 Å². The third-order valence-electron chi connectivity index (χ3n) is 7.62. The van der Waals surface area contributed by atoms with Crippen molar-refractivity contribution < 1.29 is 22.7 Å². The first-order chi connectivity index (χ1) is 18.4. The third kappa shape index (κ3) is 7.51. The molecule has 0 unspecified atom stereocenters. The summed E-state index contributed by atoms with van der Waals surface area (Å²) in [4.78, 5) is 21.8. The van der Waals surface area contributed by atoms with Gasteiger partial charge in [-0.15, -0.1) is 0 Å². The van der Waals surface area contributed by atoms with E-state index in [0.29, 0.717) is 42.0 Å². The number of piperazine rings is 1. The van der Waals surface area contributed by atoms with Crippen molar-refractivity contribution in [3.63, 3.8) is 0 Å². The van der Waals surface area contributed by atoms with Crippen LogP contribution in [-0.2, 0) is 6.18 Å². The number of carbonyl (C=O) groups excluding carboxylic acids is 1. The molecule has 0 saturated carbocycles. The highest BCUT2D eigenvalue weighted by Gasteiger charge is 2.42. The Kier molecular flexibility index (Phi) is 9.57. The number of nitrogens with zero attached hydrogens (tertiary/aromatic N) is 4. The van der Waals surface area contributed by atoms with Crippen LogP contribution in [0, 0.1) is 5.92 Å². The lowest BCUT2D eigenvalue weighted by Gasteiger charge is -2.37. The van der Waals surface area contributed by atoms with Gasteiger partial charge in [-0.05, 0) is 63.0 Å². The van der Waals surface area contributed by atoms with Crippen LogP contribution in [0.25, 0.3) is 0 Å². The molecular formula is C28H35Cl2F3N4O2. The second-order valence-electron chi connectivity index (χ2n) is 10.6. The summed E-state index contributed by atoms with van der Waals surface area (Å²) in [5, 5.41) is 0.881. The van der Waals surface area contributed by atoms with Crippen molar-refractivity contribution >= 4 is 29.2 Å². The highest BCUT2D eigenvalue weighted by Crippen LogP contribution is 2.39. The maximum atomic E-state index is 13.6. The Bertz CT molecular complexity index is 1120. The van der Waals surface area contributed by atoms with Crippen LogP contribution >= 0.6 is 23.2 Å². The Hall–Kier alpha value is -2.20. The predicted octanol–water partition coefficient (Wildman–Crippen LogP) is 5.79. The lowest BCUT2D eigenvalue weighted by Crippen LogP contribution is -2.53. The number of hydrogen-bond donors (Lipinski definition) is 0. The molecule has 11 heteroatoms. The van der Waals surface area contributed by atoms with E-state index >= 15 is 0 Å². The molecule has 2 fully saturated rings. The van der Waals surface area contributed by atoms with E-state index in [1.165, 1.54) is 12.1 Å². The number of halogens is 5. The minimum Gasteiger partial charge on any atom is -0.490 e. The standard InChI is InChI=1S/C28H35Cl2F3N4O2/c1-19(39-22-7-5-21(6-8-22)28(31,32)33)23-17-37(18-24(23)20-4-9-25(29)26(30)16-20)27(38)36-14-12-35(13-15-36)11-10-34(2)3/h4-9,16,19,23-24H,10-15,17-18H2,1-3H3/t19-,23+,24+/m1/s1. The molecule has 2 aromatic carbocycles. The Morgan fingerprint density at radius 3 is 2.26 bits per heavy atom. The number of alkyl halides is 3. The Labute approximate surface area is 238 Å². The lowest BCUT2D eigenvalue weighted by molar-refractivity contribution is -0.137. The fourth-order valence-electron chi connectivity index (χ4n) is 5.29. The van der Waals surface area contributed by atoms with Crippen LogP contribution in [0.5, 0.6) is 5.75 Å². The van der Waals surface area contributed by atoms with E-state index < -0.39 is 11.7 Å². The number of amides is 2. The molecule has 6 nitrogen and oxygen atoms in total. The van der Waals surface area contributed by atoms with E-state index in [0.717, 1.165) is 43.9 Å². The second kappa shape index (κ2) is 12.5. The zero-order valence-electron chi connectivity index (χ0n) is 22.4. The highest BCUT2D eigenvalue weighted by atomic mass is 35.5. The summed E-state index contributed by atoms with van der Waals surface area (Å²) in [5.74, 6) is 0.173. The molecule has 0 aliphatic carbocycles. The predicted molar refractivity (Wildman–Crippen MR) is 148 cm³/mol. The van der Waals surface area contributed by atoms with Crippen molar-refractivity contribution in [3.8, 4) is 5.75 Å². The van der Waals surface area contributed by atoms with Gasteiger partial charge in [0.05, 0.1) is 15.6 Å². The number of urea groups is 1. The van der Waals surface area contributed by atoms with Gasteiger partial charge in [0, 0.05) is 64.2 Å². The average Bonchev–Trinajstić information content (AvgIpc) is 3.34. The van der Waals surface area contributed by atoms with Crippen LogP contribution < -0.4 is 4.74 Å². The minimum atomic E-state index is -4.41. The third-order valence-corrected chi connectivity index (χ3v) is 8.36. The SMILES string of the molecule is C[C@@H](Oc1ccc(C(F)(F)F)cc1)[C@@H]1CN(C(=O)N2CCN(CCN(C)C)CC2)C[C@H]1c1ccc(Cl)c(Cl)c1. The number of carbonyl (C=O) groups is 1. The maximum absolute atomic E-state index is 13.6. The van der Waals surface area contributed by atoms with E-state index in [2.05, 4.69) is 23.9 Å². The highest BCUT2D eigenvalue weighted by molar-refractivity contribution is 6.42. The number of likely N-dealkylation sites (tertiary alicyclic amines) is 1. The topological polar surface area (TPSA) is 39.3 Å². The molecule has 2 heterocycles. The van der Waals surface area contributed by atoms with Crippen molar-refractivity contribution in [1.29, 1.82) is 0 Å². The maximum Gasteiger partial charge on any atom is 0.416 e. The molecule has 0 radical (unpaired) electrons. The van der Waals surface area contributed by atoms with Gasteiger partial charge in [-0.1, -0.05) is 29.3 Å². The molecule has 0 aromatic heterocycles. The number of rotatable bonds is 7. The van der Waals surface area contributed by atoms with E-state index in [9.17, 15) is 18.0 Å². The van der Waals surface area contributed by atoms with Gasteiger partial charge < -0.3 is 19.4 Å². The van der Waals surface area contributed by atoms with Gasteiger partial charge in [0.1, 0.15) is 11.9 Å². The van der Waals surface area contributed by atoms with Gasteiger partial charge in [-0.2, -0.15) is 13.2 Å². The van der Waals surface area contributed by atoms with Crippen molar-refractivity contribution in [2.24, 2.45) is 5.92 Å². The van der Waals surface area contributed by atoms with Crippen molar-refractivity contribution in [1.82, 2.24) is 19.6 Å². The summed E-state index contributed by atoms with van der Waals surface area (Å²) in [5.41, 5.74) is 0.219. The number of benzene rings is 2. The molecule has 2 aliphatic heterocycles. The molecule has 2 saturated heterocycles. The van der Waals surface area contributed by atoms with Crippen LogP contribution in [-0.4, -0.2) is 98.2 Å². The van der Waals surface area contributed by atoms with E-state index in [4.69, 9.17) is 27.9 Å².